The van der Waals surface area contributed by atoms with Crippen molar-refractivity contribution in [1.29, 1.82) is 0 Å². The molecule has 0 bridgehead atoms. The standard InChI is InChI=1S/C27H30N2O5S/c1-21-12-10-11-17-25(21)29(35(3,32)33)20-26(30)34-22(2)27(31)28(18-23-13-6-4-7-14-23)19-24-15-8-5-9-16-24/h4-17,22H,18-20H2,1-3H3. The summed E-state index contributed by atoms with van der Waals surface area (Å²) >= 11 is 0. The van der Waals surface area contributed by atoms with Crippen LogP contribution in [0.2, 0.25) is 0 Å². The molecule has 0 aliphatic heterocycles. The van der Waals surface area contributed by atoms with E-state index in [9.17, 15) is 18.0 Å². The molecule has 0 spiro atoms. The number of ether oxygens (including phenoxy) is 1. The number of rotatable bonds is 10. The van der Waals surface area contributed by atoms with Crippen molar-refractivity contribution >= 4 is 27.6 Å². The molecule has 0 saturated carbocycles. The van der Waals surface area contributed by atoms with Crippen LogP contribution in [0.4, 0.5) is 5.69 Å². The summed E-state index contributed by atoms with van der Waals surface area (Å²) in [6.07, 6.45) is -0.0591. The van der Waals surface area contributed by atoms with Gasteiger partial charge in [-0.2, -0.15) is 0 Å². The molecule has 8 heteroatoms. The number of carbonyl (C=O) groups excluding carboxylic acids is 2. The van der Waals surface area contributed by atoms with E-state index in [1.807, 2.05) is 60.7 Å². The van der Waals surface area contributed by atoms with Crippen molar-refractivity contribution in [2.75, 3.05) is 17.1 Å². The van der Waals surface area contributed by atoms with Crippen molar-refractivity contribution in [2.45, 2.75) is 33.0 Å². The summed E-state index contributed by atoms with van der Waals surface area (Å²) in [4.78, 5) is 27.7. The van der Waals surface area contributed by atoms with Gasteiger partial charge in [0.05, 0.1) is 11.9 Å². The van der Waals surface area contributed by atoms with Crippen LogP contribution < -0.4 is 4.31 Å². The maximum Gasteiger partial charge on any atom is 0.327 e. The van der Waals surface area contributed by atoms with Gasteiger partial charge in [0.25, 0.3) is 5.91 Å². The zero-order chi connectivity index (χ0) is 25.4. The first-order valence-electron chi connectivity index (χ1n) is 11.2. The molecule has 1 atom stereocenters. The number of aryl methyl sites for hydroxylation is 1. The van der Waals surface area contributed by atoms with Crippen LogP contribution in [0.5, 0.6) is 0 Å². The zero-order valence-electron chi connectivity index (χ0n) is 20.1. The van der Waals surface area contributed by atoms with Crippen molar-refractivity contribution in [3.8, 4) is 0 Å². The van der Waals surface area contributed by atoms with Gasteiger partial charge in [-0.25, -0.2) is 8.42 Å². The van der Waals surface area contributed by atoms with Gasteiger partial charge >= 0.3 is 5.97 Å². The van der Waals surface area contributed by atoms with Gasteiger partial charge in [-0.3, -0.25) is 13.9 Å². The molecule has 0 aliphatic carbocycles. The van der Waals surface area contributed by atoms with E-state index in [4.69, 9.17) is 4.74 Å². The Bertz CT molecular complexity index is 1210. The number of amides is 1. The number of sulfonamides is 1. The molecule has 0 saturated heterocycles. The highest BCUT2D eigenvalue weighted by molar-refractivity contribution is 7.92. The molecular formula is C27H30N2O5S. The average Bonchev–Trinajstić information content (AvgIpc) is 2.83. The first-order valence-corrected chi connectivity index (χ1v) is 13.1. The number of nitrogens with zero attached hydrogens (tertiary/aromatic N) is 2. The number of esters is 1. The first-order chi connectivity index (χ1) is 16.6. The number of benzene rings is 3. The normalized spacial score (nSPS) is 12.0. The molecule has 184 valence electrons. The predicted molar refractivity (Wildman–Crippen MR) is 136 cm³/mol. The van der Waals surface area contributed by atoms with E-state index in [1.165, 1.54) is 6.92 Å². The minimum absolute atomic E-state index is 0.342. The monoisotopic (exact) mass is 494 g/mol. The van der Waals surface area contributed by atoms with Crippen LogP contribution in [0.3, 0.4) is 0 Å². The van der Waals surface area contributed by atoms with Crippen LogP contribution in [0.15, 0.2) is 84.9 Å². The van der Waals surface area contributed by atoms with Gasteiger partial charge in [0.15, 0.2) is 6.10 Å². The lowest BCUT2D eigenvalue weighted by atomic mass is 10.1. The Hall–Kier alpha value is -3.65. The van der Waals surface area contributed by atoms with Gasteiger partial charge in [0, 0.05) is 13.1 Å². The Morgan fingerprint density at radius 3 is 1.80 bits per heavy atom. The Labute approximate surface area is 207 Å². The number of hydrogen-bond donors (Lipinski definition) is 0. The van der Waals surface area contributed by atoms with Crippen molar-refractivity contribution < 1.29 is 22.7 Å². The predicted octanol–water partition coefficient (Wildman–Crippen LogP) is 3.92. The quantitative estimate of drug-likeness (QED) is 0.399. The molecule has 1 unspecified atom stereocenters. The number of hydrogen-bond acceptors (Lipinski definition) is 5. The van der Waals surface area contributed by atoms with E-state index in [2.05, 4.69) is 0 Å². The highest BCUT2D eigenvalue weighted by atomic mass is 32.2. The Balaban J connectivity index is 1.74. The van der Waals surface area contributed by atoms with E-state index in [0.717, 1.165) is 21.7 Å². The summed E-state index contributed by atoms with van der Waals surface area (Å²) in [5, 5.41) is 0. The lowest BCUT2D eigenvalue weighted by molar-refractivity contribution is -0.158. The SMILES string of the molecule is Cc1ccccc1N(CC(=O)OC(C)C(=O)N(Cc1ccccc1)Cc1ccccc1)S(C)(=O)=O. The fraction of sp³-hybridized carbons (Fsp3) is 0.259. The average molecular weight is 495 g/mol. The minimum atomic E-state index is -3.75. The van der Waals surface area contributed by atoms with Crippen LogP contribution >= 0.6 is 0 Å². The van der Waals surface area contributed by atoms with Gasteiger partial charge in [0.2, 0.25) is 10.0 Å². The number of para-hydroxylation sites is 1. The van der Waals surface area contributed by atoms with E-state index in [-0.39, 0.29) is 5.91 Å². The third-order valence-corrected chi connectivity index (χ3v) is 6.58. The first kappa shape index (κ1) is 26.0. The molecule has 0 heterocycles. The van der Waals surface area contributed by atoms with Crippen LogP contribution in [0.1, 0.15) is 23.6 Å². The minimum Gasteiger partial charge on any atom is -0.451 e. The van der Waals surface area contributed by atoms with E-state index >= 15 is 0 Å². The van der Waals surface area contributed by atoms with Crippen molar-refractivity contribution in [1.82, 2.24) is 4.90 Å². The molecule has 0 radical (unpaired) electrons. The Kier molecular flexibility index (Phi) is 8.65. The third kappa shape index (κ3) is 7.42. The molecule has 0 fully saturated rings. The Morgan fingerprint density at radius 1 is 0.829 bits per heavy atom. The molecule has 7 nitrogen and oxygen atoms in total. The molecular weight excluding hydrogens is 464 g/mol. The largest absolute Gasteiger partial charge is 0.451 e. The highest BCUT2D eigenvalue weighted by Gasteiger charge is 2.28. The number of carbonyl (C=O) groups is 2. The summed E-state index contributed by atoms with van der Waals surface area (Å²) in [5.41, 5.74) is 2.98. The molecule has 0 N–H and O–H groups in total. The summed E-state index contributed by atoms with van der Waals surface area (Å²) in [6, 6.07) is 26.0. The maximum absolute atomic E-state index is 13.3. The molecule has 3 rings (SSSR count). The summed E-state index contributed by atoms with van der Waals surface area (Å²) in [5.74, 6) is -1.17. The van der Waals surface area contributed by atoms with Crippen molar-refractivity contribution in [3.05, 3.63) is 102 Å². The van der Waals surface area contributed by atoms with Gasteiger partial charge in [0.1, 0.15) is 6.54 Å². The Morgan fingerprint density at radius 2 is 1.31 bits per heavy atom. The van der Waals surface area contributed by atoms with E-state index < -0.39 is 28.6 Å². The summed E-state index contributed by atoms with van der Waals surface area (Å²) in [6.45, 7) is 3.42. The van der Waals surface area contributed by atoms with Gasteiger partial charge < -0.3 is 9.64 Å². The topological polar surface area (TPSA) is 84.0 Å². The second-order valence-electron chi connectivity index (χ2n) is 8.35. The van der Waals surface area contributed by atoms with Gasteiger partial charge in [-0.15, -0.1) is 0 Å². The third-order valence-electron chi connectivity index (χ3n) is 5.46. The molecule has 3 aromatic rings. The van der Waals surface area contributed by atoms with Crippen molar-refractivity contribution in [3.63, 3.8) is 0 Å². The molecule has 0 aliphatic rings. The highest BCUT2D eigenvalue weighted by Crippen LogP contribution is 2.22. The molecule has 1 amide bonds. The molecule has 0 aromatic heterocycles. The lowest BCUT2D eigenvalue weighted by Crippen LogP contribution is -2.42. The fourth-order valence-electron chi connectivity index (χ4n) is 3.70. The summed E-state index contributed by atoms with van der Waals surface area (Å²) in [7, 11) is -3.75. The summed E-state index contributed by atoms with van der Waals surface area (Å²) < 4.78 is 31.2. The van der Waals surface area contributed by atoms with Crippen molar-refractivity contribution in [2.24, 2.45) is 0 Å². The maximum atomic E-state index is 13.3. The number of anilines is 1. The van der Waals surface area contributed by atoms with Crippen LogP contribution in [-0.4, -0.2) is 44.1 Å². The smallest absolute Gasteiger partial charge is 0.327 e. The van der Waals surface area contributed by atoms with Crippen LogP contribution in [0, 0.1) is 6.92 Å². The van der Waals surface area contributed by atoms with Crippen LogP contribution in [-0.2, 0) is 37.4 Å². The van der Waals surface area contributed by atoms with E-state index in [1.54, 1.807) is 36.1 Å². The van der Waals surface area contributed by atoms with Gasteiger partial charge in [-0.05, 0) is 36.6 Å². The second kappa shape index (κ2) is 11.7. The molecule has 3 aromatic carbocycles. The fourth-order valence-corrected chi connectivity index (χ4v) is 4.60. The lowest BCUT2D eigenvalue weighted by Gasteiger charge is -2.27. The second-order valence-corrected chi connectivity index (χ2v) is 10.3. The van der Waals surface area contributed by atoms with E-state index in [0.29, 0.717) is 24.3 Å². The molecule has 35 heavy (non-hydrogen) atoms. The van der Waals surface area contributed by atoms with Gasteiger partial charge in [-0.1, -0.05) is 78.9 Å². The zero-order valence-corrected chi connectivity index (χ0v) is 20.9. The van der Waals surface area contributed by atoms with Crippen LogP contribution in [0.25, 0.3) is 0 Å².